The number of nitrogens with zero attached hydrogens (tertiary/aromatic N) is 4. The van der Waals surface area contributed by atoms with Crippen molar-refractivity contribution in [2.75, 3.05) is 13.7 Å². The lowest BCUT2D eigenvalue weighted by Gasteiger charge is -2.32. The maximum atomic E-state index is 11.9. The molecule has 12 heteroatoms. The molecule has 1 aliphatic rings. The van der Waals surface area contributed by atoms with Gasteiger partial charge in [-0.15, -0.1) is 0 Å². The lowest BCUT2D eigenvalue weighted by atomic mass is 10.1. The topological polar surface area (TPSA) is 112 Å². The number of aromatic nitrogens is 4. The first kappa shape index (κ1) is 21.3. The van der Waals surface area contributed by atoms with Gasteiger partial charge in [0.1, 0.15) is 29.9 Å². The summed E-state index contributed by atoms with van der Waals surface area (Å²) in [7, 11) is 1.78. The summed E-state index contributed by atoms with van der Waals surface area (Å²) in [5, 5.41) is 0. The van der Waals surface area contributed by atoms with Gasteiger partial charge in [0.2, 0.25) is 0 Å². The lowest BCUT2D eigenvalue weighted by molar-refractivity contribution is -0.153. The Morgan fingerprint density at radius 3 is 2.66 bits per heavy atom. The summed E-state index contributed by atoms with van der Waals surface area (Å²) in [5.74, 6) is -0.916. The molecule has 10 nitrogen and oxygen atoms in total. The van der Waals surface area contributed by atoms with Crippen molar-refractivity contribution in [2.24, 2.45) is 0 Å². The number of ether oxygens (including phenoxy) is 3. The molecule has 0 radical (unpaired) electrons. The highest BCUT2D eigenvalue weighted by Gasteiger charge is 2.50. The molecule has 156 valence electrons. The highest BCUT2D eigenvalue weighted by atomic mass is 32.1. The summed E-state index contributed by atoms with van der Waals surface area (Å²) in [6.07, 6.45) is 0.899. The third-order valence-electron chi connectivity index (χ3n) is 4.66. The Morgan fingerprint density at radius 2 is 2.03 bits per heavy atom. The van der Waals surface area contributed by atoms with Crippen molar-refractivity contribution >= 4 is 52.5 Å². The molecule has 1 fully saturated rings. The monoisotopic (exact) mass is 439 g/mol. The standard InChI is InChI=1S/C17H21N5O5S2/c1-8(28)21(4)13-11(5-25-9(2)23)27-17(14(13)26-10(3)24)22-7-20-12-15(22)18-6-19-16(12)29/h6-7,11,13-14,17H,5H2,1-4H3,(H,18,19,29). The highest BCUT2D eigenvalue weighted by molar-refractivity contribution is 7.80. The van der Waals surface area contributed by atoms with Crippen LogP contribution in [0.3, 0.4) is 0 Å². The lowest BCUT2D eigenvalue weighted by Crippen LogP contribution is -2.49. The summed E-state index contributed by atoms with van der Waals surface area (Å²) >= 11 is 10.5. The van der Waals surface area contributed by atoms with Gasteiger partial charge >= 0.3 is 11.9 Å². The van der Waals surface area contributed by atoms with Crippen LogP contribution in [0.4, 0.5) is 0 Å². The average molecular weight is 440 g/mol. The summed E-state index contributed by atoms with van der Waals surface area (Å²) < 4.78 is 19.0. The molecule has 0 saturated carbocycles. The van der Waals surface area contributed by atoms with E-state index in [0.29, 0.717) is 20.8 Å². The molecule has 4 atom stereocenters. The number of likely N-dealkylation sites (N-methyl/N-ethyl adjacent to an activating group) is 1. The molecule has 1 N–H and O–H groups in total. The van der Waals surface area contributed by atoms with Crippen molar-refractivity contribution in [1.29, 1.82) is 0 Å². The van der Waals surface area contributed by atoms with E-state index in [1.54, 1.807) is 23.4 Å². The number of aromatic amines is 1. The van der Waals surface area contributed by atoms with Crippen LogP contribution in [0, 0.1) is 4.64 Å². The second-order valence-electron chi connectivity index (χ2n) is 6.62. The number of carbonyl (C=O) groups is 2. The molecule has 2 aromatic heterocycles. The van der Waals surface area contributed by atoms with E-state index in [4.69, 9.17) is 38.6 Å². The van der Waals surface area contributed by atoms with E-state index < -0.39 is 36.4 Å². The zero-order valence-electron chi connectivity index (χ0n) is 16.3. The smallest absolute Gasteiger partial charge is 0.303 e. The van der Waals surface area contributed by atoms with Gasteiger partial charge in [0.05, 0.1) is 17.6 Å². The van der Waals surface area contributed by atoms with Crippen LogP contribution in [0.1, 0.15) is 27.0 Å². The molecule has 0 aliphatic carbocycles. The number of carbonyl (C=O) groups excluding carboxylic acids is 2. The van der Waals surface area contributed by atoms with Gasteiger partial charge in [0.25, 0.3) is 0 Å². The highest BCUT2D eigenvalue weighted by Crippen LogP contribution is 2.36. The van der Waals surface area contributed by atoms with Crippen molar-refractivity contribution in [2.45, 2.75) is 45.2 Å². The minimum absolute atomic E-state index is 0.0224. The molecule has 0 bridgehead atoms. The van der Waals surface area contributed by atoms with Gasteiger partial charge in [-0.05, 0) is 6.92 Å². The minimum atomic E-state index is -0.751. The molecule has 1 aliphatic heterocycles. The van der Waals surface area contributed by atoms with E-state index in [1.165, 1.54) is 26.5 Å². The van der Waals surface area contributed by atoms with Crippen LogP contribution in [0.2, 0.25) is 0 Å². The van der Waals surface area contributed by atoms with E-state index >= 15 is 0 Å². The number of hydrogen-bond acceptors (Lipinski definition) is 9. The first-order chi connectivity index (χ1) is 13.7. The normalized spacial score (nSPS) is 23.7. The van der Waals surface area contributed by atoms with Gasteiger partial charge in [-0.1, -0.05) is 24.4 Å². The number of imidazole rings is 1. The van der Waals surface area contributed by atoms with Crippen molar-refractivity contribution in [3.63, 3.8) is 0 Å². The Hall–Kier alpha value is -2.44. The second-order valence-corrected chi connectivity index (χ2v) is 7.60. The van der Waals surface area contributed by atoms with Crippen molar-refractivity contribution in [1.82, 2.24) is 24.4 Å². The fourth-order valence-corrected chi connectivity index (χ4v) is 3.67. The molecular weight excluding hydrogens is 418 g/mol. The first-order valence-electron chi connectivity index (χ1n) is 8.80. The molecule has 0 spiro atoms. The van der Waals surface area contributed by atoms with Crippen LogP contribution >= 0.6 is 24.4 Å². The number of hydrogen-bond donors (Lipinski definition) is 1. The van der Waals surface area contributed by atoms with Crippen molar-refractivity contribution in [3.05, 3.63) is 17.3 Å². The summed E-state index contributed by atoms with van der Waals surface area (Å²) in [6, 6.07) is -0.483. The van der Waals surface area contributed by atoms with Crippen molar-refractivity contribution in [3.8, 4) is 0 Å². The fraction of sp³-hybridized carbons (Fsp3) is 0.529. The predicted octanol–water partition coefficient (Wildman–Crippen LogP) is 1.53. The average Bonchev–Trinajstić information content (AvgIpc) is 3.21. The fourth-order valence-electron chi connectivity index (χ4n) is 3.34. The second kappa shape index (κ2) is 8.51. The molecular formula is C17H21N5O5S2. The van der Waals surface area contributed by atoms with Gasteiger partial charge in [-0.25, -0.2) is 9.97 Å². The number of thiocarbonyl (C=S) groups is 1. The number of nitrogens with one attached hydrogen (secondary N) is 1. The Bertz CT molecular complexity index is 1010. The largest absolute Gasteiger partial charge is 0.463 e. The van der Waals surface area contributed by atoms with E-state index in [2.05, 4.69) is 15.0 Å². The maximum Gasteiger partial charge on any atom is 0.303 e. The number of fused-ring (bicyclic) bond motifs is 1. The zero-order valence-corrected chi connectivity index (χ0v) is 18.0. The van der Waals surface area contributed by atoms with Gasteiger partial charge in [0.15, 0.2) is 17.0 Å². The van der Waals surface area contributed by atoms with Crippen LogP contribution in [0.25, 0.3) is 11.2 Å². The summed E-state index contributed by atoms with van der Waals surface area (Å²) in [4.78, 5) is 36.9. The first-order valence-corrected chi connectivity index (χ1v) is 9.62. The maximum absolute atomic E-state index is 11.9. The molecule has 1 saturated heterocycles. The van der Waals surface area contributed by atoms with Crippen LogP contribution in [0.5, 0.6) is 0 Å². The summed E-state index contributed by atoms with van der Waals surface area (Å²) in [5.41, 5.74) is 1.06. The molecule has 2 aromatic rings. The van der Waals surface area contributed by atoms with Gasteiger partial charge in [-0.3, -0.25) is 14.2 Å². The molecule has 3 heterocycles. The van der Waals surface area contributed by atoms with E-state index in [0.717, 1.165) is 0 Å². The molecule has 3 rings (SSSR count). The van der Waals surface area contributed by atoms with Crippen LogP contribution in [0.15, 0.2) is 12.7 Å². The Kier molecular flexibility index (Phi) is 6.24. The molecule has 29 heavy (non-hydrogen) atoms. The zero-order chi connectivity index (χ0) is 21.3. The van der Waals surface area contributed by atoms with E-state index in [-0.39, 0.29) is 6.61 Å². The number of rotatable bonds is 5. The number of H-pyrrole nitrogens is 1. The van der Waals surface area contributed by atoms with Crippen LogP contribution < -0.4 is 0 Å². The Morgan fingerprint density at radius 1 is 1.31 bits per heavy atom. The molecule has 0 aromatic carbocycles. The van der Waals surface area contributed by atoms with E-state index in [1.807, 2.05) is 0 Å². The van der Waals surface area contributed by atoms with E-state index in [9.17, 15) is 9.59 Å². The quantitative estimate of drug-likeness (QED) is 0.544. The van der Waals surface area contributed by atoms with Gasteiger partial charge < -0.3 is 24.1 Å². The Balaban J connectivity index is 2.07. The third-order valence-corrected chi connectivity index (χ3v) is 5.25. The minimum Gasteiger partial charge on any atom is -0.463 e. The van der Waals surface area contributed by atoms with Gasteiger partial charge in [-0.2, -0.15) is 0 Å². The van der Waals surface area contributed by atoms with Gasteiger partial charge in [0, 0.05) is 20.9 Å². The van der Waals surface area contributed by atoms with Crippen LogP contribution in [-0.4, -0.2) is 73.3 Å². The SMILES string of the molecule is CC(=O)OCC1OC(n2cnc3c(=S)nc[nH]c32)C(OC(C)=O)C1N(C)C(C)=S. The predicted molar refractivity (Wildman–Crippen MR) is 109 cm³/mol. The third kappa shape index (κ3) is 4.28. The molecule has 4 unspecified atom stereocenters. The molecule has 0 amide bonds. The summed E-state index contributed by atoms with van der Waals surface area (Å²) in [6.45, 7) is 4.37. The Labute approximate surface area is 177 Å². The van der Waals surface area contributed by atoms with Crippen molar-refractivity contribution < 1.29 is 23.8 Å². The van der Waals surface area contributed by atoms with Crippen LogP contribution in [-0.2, 0) is 23.8 Å². The number of esters is 2.